The topological polar surface area (TPSA) is 38.5 Å². The zero-order valence-electron chi connectivity index (χ0n) is 17.0. The third-order valence-corrected chi connectivity index (χ3v) is 6.15. The molecule has 0 atom stereocenters. The first-order valence-corrected chi connectivity index (χ1v) is 10.3. The average molecular weight is 441 g/mol. The molecule has 2 aromatic heterocycles. The molecule has 0 aliphatic rings. The van der Waals surface area contributed by atoms with E-state index in [1.165, 1.54) is 12.1 Å². The molecular formula is C27H14F3NO2. The van der Waals surface area contributed by atoms with E-state index in [0.717, 1.165) is 12.1 Å². The number of rotatable bonds is 1. The molecular weight excluding hydrogens is 427 g/mol. The largest absolute Gasteiger partial charge is 0.416 e. The Labute approximate surface area is 184 Å². The summed E-state index contributed by atoms with van der Waals surface area (Å²) in [5.74, 6) is 0. The summed E-state index contributed by atoms with van der Waals surface area (Å²) in [5.41, 5.74) is 1.70. The molecule has 0 N–H and O–H groups in total. The third kappa shape index (κ3) is 2.77. The number of hydrogen-bond donors (Lipinski definition) is 0. The van der Waals surface area contributed by atoms with Crippen LogP contribution in [0.2, 0.25) is 0 Å². The van der Waals surface area contributed by atoms with Gasteiger partial charge in [-0.3, -0.25) is 9.59 Å². The van der Waals surface area contributed by atoms with Gasteiger partial charge in [-0.1, -0.05) is 36.4 Å². The van der Waals surface area contributed by atoms with Crippen LogP contribution in [0.5, 0.6) is 0 Å². The summed E-state index contributed by atoms with van der Waals surface area (Å²) in [6, 6.07) is 22.4. The molecule has 0 amide bonds. The summed E-state index contributed by atoms with van der Waals surface area (Å²) in [6.07, 6.45) is -4.44. The molecule has 0 saturated heterocycles. The molecule has 6 rings (SSSR count). The van der Waals surface area contributed by atoms with Crippen molar-refractivity contribution in [1.29, 1.82) is 0 Å². The standard InChI is InChI=1S/C27H14F3NO2/c28-27(29,30)17-11-9-15(10-12-17)16-13-20-24-21(14-16)26(33)19-6-2-4-8-23(19)31(24)22-7-3-1-5-18(22)25(20)32/h1-14H. The number of alkyl halides is 3. The molecule has 0 saturated carbocycles. The van der Waals surface area contributed by atoms with E-state index in [1.807, 2.05) is 28.7 Å². The monoisotopic (exact) mass is 441 g/mol. The van der Waals surface area contributed by atoms with Gasteiger partial charge in [-0.25, -0.2) is 0 Å². The van der Waals surface area contributed by atoms with Gasteiger partial charge >= 0.3 is 6.18 Å². The number of para-hydroxylation sites is 2. The summed E-state index contributed by atoms with van der Waals surface area (Å²) < 4.78 is 40.9. The van der Waals surface area contributed by atoms with Crippen molar-refractivity contribution in [2.45, 2.75) is 6.18 Å². The van der Waals surface area contributed by atoms with Crippen LogP contribution in [-0.4, -0.2) is 4.40 Å². The predicted molar refractivity (Wildman–Crippen MR) is 124 cm³/mol. The molecule has 0 spiro atoms. The lowest BCUT2D eigenvalue weighted by Gasteiger charge is -2.16. The van der Waals surface area contributed by atoms with Crippen LogP contribution >= 0.6 is 0 Å². The lowest BCUT2D eigenvalue weighted by Crippen LogP contribution is -2.14. The van der Waals surface area contributed by atoms with Crippen LogP contribution in [0.25, 0.3) is 49.2 Å². The maximum Gasteiger partial charge on any atom is 0.416 e. The Morgan fingerprint density at radius 3 is 1.55 bits per heavy atom. The highest BCUT2D eigenvalue weighted by molar-refractivity contribution is 6.09. The fourth-order valence-electron chi connectivity index (χ4n) is 4.62. The van der Waals surface area contributed by atoms with Crippen LogP contribution < -0.4 is 10.9 Å². The van der Waals surface area contributed by atoms with Crippen LogP contribution in [0.4, 0.5) is 13.2 Å². The van der Waals surface area contributed by atoms with Crippen LogP contribution in [0.15, 0.2) is 94.5 Å². The molecule has 4 aromatic carbocycles. The van der Waals surface area contributed by atoms with Crippen LogP contribution in [0.1, 0.15) is 5.56 Å². The van der Waals surface area contributed by atoms with Gasteiger partial charge in [0.1, 0.15) is 0 Å². The van der Waals surface area contributed by atoms with Crippen molar-refractivity contribution in [2.24, 2.45) is 0 Å². The fourth-order valence-corrected chi connectivity index (χ4v) is 4.62. The van der Waals surface area contributed by atoms with Crippen LogP contribution in [0, 0.1) is 0 Å². The number of fused-ring (bicyclic) bond motifs is 4. The van der Waals surface area contributed by atoms with E-state index in [-0.39, 0.29) is 10.9 Å². The van der Waals surface area contributed by atoms with Crippen molar-refractivity contribution in [3.63, 3.8) is 0 Å². The molecule has 0 radical (unpaired) electrons. The number of benzene rings is 4. The van der Waals surface area contributed by atoms with Crippen LogP contribution in [-0.2, 0) is 6.18 Å². The number of aromatic nitrogens is 1. The summed E-state index contributed by atoms with van der Waals surface area (Å²) in [7, 11) is 0. The van der Waals surface area contributed by atoms with Crippen molar-refractivity contribution < 1.29 is 13.2 Å². The minimum atomic E-state index is -4.44. The quantitative estimate of drug-likeness (QED) is 0.224. The van der Waals surface area contributed by atoms with Crippen molar-refractivity contribution in [1.82, 2.24) is 4.40 Å². The lowest BCUT2D eigenvalue weighted by atomic mass is 9.96. The van der Waals surface area contributed by atoms with E-state index < -0.39 is 11.7 Å². The number of pyridine rings is 2. The second-order valence-corrected chi connectivity index (χ2v) is 8.02. The normalized spacial score (nSPS) is 12.3. The Bertz CT molecular complexity index is 1730. The van der Waals surface area contributed by atoms with E-state index in [1.54, 1.807) is 36.4 Å². The van der Waals surface area contributed by atoms with Crippen molar-refractivity contribution >= 4 is 38.1 Å². The summed E-state index contributed by atoms with van der Waals surface area (Å²) in [6.45, 7) is 0. The molecule has 0 aliphatic carbocycles. The Morgan fingerprint density at radius 1 is 0.576 bits per heavy atom. The Kier molecular flexibility index (Phi) is 3.93. The van der Waals surface area contributed by atoms with Gasteiger partial charge in [0.05, 0.1) is 22.1 Å². The predicted octanol–water partition coefficient (Wildman–Crippen LogP) is 6.24. The van der Waals surface area contributed by atoms with Gasteiger partial charge in [0, 0.05) is 21.5 Å². The minimum Gasteiger partial charge on any atom is -0.308 e. The van der Waals surface area contributed by atoms with E-state index in [4.69, 9.17) is 0 Å². The first-order valence-electron chi connectivity index (χ1n) is 10.3. The van der Waals surface area contributed by atoms with Crippen molar-refractivity contribution in [3.8, 4) is 11.1 Å². The Balaban J connectivity index is 1.80. The van der Waals surface area contributed by atoms with Gasteiger partial charge in [0.15, 0.2) is 10.9 Å². The van der Waals surface area contributed by atoms with Crippen molar-refractivity contribution in [2.75, 3.05) is 0 Å². The average Bonchev–Trinajstić information content (AvgIpc) is 2.83. The van der Waals surface area contributed by atoms with E-state index in [2.05, 4.69) is 0 Å². The number of halogens is 3. The molecule has 2 heterocycles. The molecule has 3 nitrogen and oxygen atoms in total. The minimum absolute atomic E-state index is 0.223. The summed E-state index contributed by atoms with van der Waals surface area (Å²) in [5, 5.41) is 1.71. The van der Waals surface area contributed by atoms with Crippen molar-refractivity contribution in [3.05, 3.63) is 111 Å². The van der Waals surface area contributed by atoms with E-state index in [0.29, 0.717) is 49.2 Å². The SMILES string of the molecule is O=c1c2ccccc2n2c3ccccc3c(=O)c3cc(-c4ccc(C(F)(F)F)cc4)cc1c32. The highest BCUT2D eigenvalue weighted by Gasteiger charge is 2.30. The number of hydrogen-bond acceptors (Lipinski definition) is 2. The summed E-state index contributed by atoms with van der Waals surface area (Å²) >= 11 is 0. The summed E-state index contributed by atoms with van der Waals surface area (Å²) in [4.78, 5) is 26.9. The molecule has 0 unspecified atom stereocenters. The third-order valence-electron chi connectivity index (χ3n) is 6.15. The zero-order valence-corrected chi connectivity index (χ0v) is 17.0. The second kappa shape index (κ2) is 6.65. The molecule has 6 aromatic rings. The highest BCUT2D eigenvalue weighted by Crippen LogP contribution is 2.33. The maximum absolute atomic E-state index is 13.4. The Hall–Kier alpha value is -4.19. The molecule has 0 bridgehead atoms. The van der Waals surface area contributed by atoms with Gasteiger partial charge in [-0.2, -0.15) is 13.2 Å². The molecule has 0 fully saturated rings. The molecule has 33 heavy (non-hydrogen) atoms. The fraction of sp³-hybridized carbons (Fsp3) is 0.0370. The molecule has 160 valence electrons. The zero-order chi connectivity index (χ0) is 22.9. The van der Waals surface area contributed by atoms with Crippen LogP contribution in [0.3, 0.4) is 0 Å². The van der Waals surface area contributed by atoms with Gasteiger partial charge in [-0.15, -0.1) is 0 Å². The lowest BCUT2D eigenvalue weighted by molar-refractivity contribution is -0.137. The number of nitrogens with zero attached hydrogens (tertiary/aromatic N) is 1. The molecule has 0 aliphatic heterocycles. The van der Waals surface area contributed by atoms with E-state index in [9.17, 15) is 22.8 Å². The second-order valence-electron chi connectivity index (χ2n) is 8.02. The molecule has 6 heteroatoms. The van der Waals surface area contributed by atoms with Gasteiger partial charge in [-0.05, 0) is 59.7 Å². The maximum atomic E-state index is 13.4. The van der Waals surface area contributed by atoms with Gasteiger partial charge < -0.3 is 4.40 Å². The Morgan fingerprint density at radius 2 is 1.06 bits per heavy atom. The van der Waals surface area contributed by atoms with Gasteiger partial charge in [0.2, 0.25) is 0 Å². The first-order chi connectivity index (χ1) is 15.8. The first kappa shape index (κ1) is 19.5. The smallest absolute Gasteiger partial charge is 0.308 e. The van der Waals surface area contributed by atoms with Gasteiger partial charge in [0.25, 0.3) is 0 Å². The van der Waals surface area contributed by atoms with E-state index >= 15 is 0 Å². The highest BCUT2D eigenvalue weighted by atomic mass is 19.4.